The lowest BCUT2D eigenvalue weighted by Gasteiger charge is -2.33. The minimum absolute atomic E-state index is 0. The first-order valence-corrected chi connectivity index (χ1v) is 8.91. The number of hydrogen-bond donors (Lipinski definition) is 2. The highest BCUT2D eigenvalue weighted by atomic mass is 127. The normalized spacial score (nSPS) is 18.4. The maximum Gasteiger partial charge on any atom is 0.218 e. The van der Waals surface area contributed by atoms with Crippen molar-refractivity contribution in [1.29, 1.82) is 0 Å². The zero-order chi connectivity index (χ0) is 17.2. The Morgan fingerprint density at radius 2 is 2.24 bits per heavy atom. The van der Waals surface area contributed by atoms with Crippen LogP contribution in [0.2, 0.25) is 0 Å². The summed E-state index contributed by atoms with van der Waals surface area (Å²) in [5, 5.41) is 6.70. The highest BCUT2D eigenvalue weighted by Gasteiger charge is 2.17. The molecule has 0 spiro atoms. The number of guanidine groups is 1. The first kappa shape index (κ1) is 22.0. The number of ether oxygens (including phenoxy) is 1. The molecule has 1 aliphatic rings. The molecule has 2 N–H and O–H groups in total. The summed E-state index contributed by atoms with van der Waals surface area (Å²) in [4.78, 5) is 11.1. The molecule has 1 aromatic rings. The van der Waals surface area contributed by atoms with Crippen molar-refractivity contribution in [2.75, 3.05) is 33.8 Å². The van der Waals surface area contributed by atoms with Crippen molar-refractivity contribution in [3.63, 3.8) is 0 Å². The van der Waals surface area contributed by atoms with E-state index in [2.05, 4.69) is 32.4 Å². The van der Waals surface area contributed by atoms with Gasteiger partial charge in [-0.05, 0) is 38.8 Å². The molecule has 1 aromatic heterocycles. The molecule has 2 heterocycles. The van der Waals surface area contributed by atoms with E-state index < -0.39 is 0 Å². The summed E-state index contributed by atoms with van der Waals surface area (Å²) in [6.45, 7) is 6.30. The molecule has 0 amide bonds. The molecule has 7 heteroatoms. The topological polar surface area (TPSA) is 61.8 Å². The van der Waals surface area contributed by atoms with Crippen LogP contribution < -0.4 is 15.4 Å². The van der Waals surface area contributed by atoms with Crippen LogP contribution in [-0.2, 0) is 6.54 Å². The molecule has 25 heavy (non-hydrogen) atoms. The van der Waals surface area contributed by atoms with Gasteiger partial charge in [0, 0.05) is 44.5 Å². The molecule has 1 aliphatic heterocycles. The monoisotopic (exact) mass is 461 g/mol. The summed E-state index contributed by atoms with van der Waals surface area (Å²) < 4.78 is 5.27. The van der Waals surface area contributed by atoms with Crippen molar-refractivity contribution in [1.82, 2.24) is 20.5 Å². The number of aliphatic imine (C=N–C) groups is 1. The third kappa shape index (κ3) is 7.35. The molecule has 142 valence electrons. The summed E-state index contributed by atoms with van der Waals surface area (Å²) in [6, 6.07) is 4.65. The molecule has 1 atom stereocenters. The second-order valence-corrected chi connectivity index (χ2v) is 6.26. The SMILES string of the molecule is CN=C(NCCCN1CCCCC1C)NCc1cccnc1OC.I. The second-order valence-electron chi connectivity index (χ2n) is 6.26. The average Bonchev–Trinajstić information content (AvgIpc) is 2.62. The minimum atomic E-state index is 0. The fourth-order valence-corrected chi connectivity index (χ4v) is 3.12. The summed E-state index contributed by atoms with van der Waals surface area (Å²) in [5.74, 6) is 1.46. The van der Waals surface area contributed by atoms with Crippen LogP contribution in [0.1, 0.15) is 38.2 Å². The van der Waals surface area contributed by atoms with Crippen LogP contribution in [0.15, 0.2) is 23.3 Å². The number of likely N-dealkylation sites (tertiary alicyclic amines) is 1. The van der Waals surface area contributed by atoms with E-state index in [1.54, 1.807) is 20.4 Å². The van der Waals surface area contributed by atoms with E-state index in [1.807, 2.05) is 12.1 Å². The Labute approximate surface area is 168 Å². The smallest absolute Gasteiger partial charge is 0.218 e. The summed E-state index contributed by atoms with van der Waals surface area (Å²) in [5.41, 5.74) is 1.02. The number of piperidine rings is 1. The van der Waals surface area contributed by atoms with Crippen molar-refractivity contribution in [2.24, 2.45) is 4.99 Å². The van der Waals surface area contributed by atoms with Gasteiger partial charge in [-0.2, -0.15) is 0 Å². The van der Waals surface area contributed by atoms with E-state index in [0.29, 0.717) is 12.4 Å². The predicted molar refractivity (Wildman–Crippen MR) is 114 cm³/mol. The standard InChI is InChI=1S/C18H31N5O.HI/c1-15-8-4-5-12-23(15)13-7-11-21-18(19-2)22-14-16-9-6-10-20-17(16)24-3;/h6,9-10,15H,4-5,7-8,11-14H2,1-3H3,(H2,19,21,22);1H. The average molecular weight is 461 g/mol. The maximum absolute atomic E-state index is 5.27. The van der Waals surface area contributed by atoms with Crippen molar-refractivity contribution in [3.05, 3.63) is 23.9 Å². The van der Waals surface area contributed by atoms with Gasteiger partial charge >= 0.3 is 0 Å². The second kappa shape index (κ2) is 12.3. The zero-order valence-electron chi connectivity index (χ0n) is 15.6. The number of halogens is 1. The van der Waals surface area contributed by atoms with Crippen molar-refractivity contribution >= 4 is 29.9 Å². The van der Waals surface area contributed by atoms with Gasteiger partial charge in [0.2, 0.25) is 5.88 Å². The van der Waals surface area contributed by atoms with E-state index in [9.17, 15) is 0 Å². The minimum Gasteiger partial charge on any atom is -0.481 e. The van der Waals surface area contributed by atoms with E-state index >= 15 is 0 Å². The quantitative estimate of drug-likeness (QED) is 0.283. The highest BCUT2D eigenvalue weighted by molar-refractivity contribution is 14.0. The molecule has 0 radical (unpaired) electrons. The Morgan fingerprint density at radius 3 is 2.96 bits per heavy atom. The molecule has 0 aliphatic carbocycles. The number of hydrogen-bond acceptors (Lipinski definition) is 4. The van der Waals surface area contributed by atoms with E-state index in [1.165, 1.54) is 25.8 Å². The maximum atomic E-state index is 5.27. The molecule has 0 bridgehead atoms. The Morgan fingerprint density at radius 1 is 1.40 bits per heavy atom. The van der Waals surface area contributed by atoms with Gasteiger partial charge in [-0.1, -0.05) is 12.5 Å². The predicted octanol–water partition coefficient (Wildman–Crippen LogP) is 2.64. The van der Waals surface area contributed by atoms with Gasteiger partial charge in [-0.15, -0.1) is 24.0 Å². The van der Waals surface area contributed by atoms with Gasteiger partial charge in [0.15, 0.2) is 5.96 Å². The van der Waals surface area contributed by atoms with E-state index in [0.717, 1.165) is 37.1 Å². The van der Waals surface area contributed by atoms with Crippen LogP contribution in [0.4, 0.5) is 0 Å². The van der Waals surface area contributed by atoms with Crippen LogP contribution in [0.3, 0.4) is 0 Å². The number of rotatable bonds is 7. The number of methoxy groups -OCH3 is 1. The first-order chi connectivity index (χ1) is 11.7. The number of pyridine rings is 1. The molecule has 0 aromatic carbocycles. The van der Waals surface area contributed by atoms with Gasteiger partial charge in [0.05, 0.1) is 7.11 Å². The lowest BCUT2D eigenvalue weighted by atomic mass is 10.0. The van der Waals surface area contributed by atoms with Crippen molar-refractivity contribution < 1.29 is 4.74 Å². The van der Waals surface area contributed by atoms with Crippen LogP contribution in [0, 0.1) is 0 Å². The molecule has 2 rings (SSSR count). The van der Waals surface area contributed by atoms with Crippen molar-refractivity contribution in [2.45, 2.75) is 45.2 Å². The fourth-order valence-electron chi connectivity index (χ4n) is 3.12. The van der Waals surface area contributed by atoms with Gasteiger partial charge in [-0.3, -0.25) is 4.99 Å². The van der Waals surface area contributed by atoms with Crippen LogP contribution in [0.25, 0.3) is 0 Å². The number of nitrogens with zero attached hydrogens (tertiary/aromatic N) is 3. The fraction of sp³-hybridized carbons (Fsp3) is 0.667. The van der Waals surface area contributed by atoms with E-state index in [-0.39, 0.29) is 24.0 Å². The Hall–Kier alpha value is -1.09. The van der Waals surface area contributed by atoms with Gasteiger partial charge in [-0.25, -0.2) is 4.98 Å². The Bertz CT molecular complexity index is 526. The summed E-state index contributed by atoms with van der Waals surface area (Å²) in [7, 11) is 3.43. The highest BCUT2D eigenvalue weighted by Crippen LogP contribution is 2.16. The largest absolute Gasteiger partial charge is 0.481 e. The molecule has 1 fully saturated rings. The first-order valence-electron chi connectivity index (χ1n) is 8.91. The van der Waals surface area contributed by atoms with E-state index in [4.69, 9.17) is 4.74 Å². The Kier molecular flexibility index (Phi) is 10.8. The lowest BCUT2D eigenvalue weighted by molar-refractivity contribution is 0.159. The van der Waals surface area contributed by atoms with Crippen LogP contribution in [-0.4, -0.2) is 55.7 Å². The van der Waals surface area contributed by atoms with Crippen LogP contribution in [0.5, 0.6) is 5.88 Å². The summed E-state index contributed by atoms with van der Waals surface area (Å²) >= 11 is 0. The molecular formula is C18H32IN5O. The summed E-state index contributed by atoms with van der Waals surface area (Å²) in [6.07, 6.45) is 6.92. The zero-order valence-corrected chi connectivity index (χ0v) is 18.0. The molecule has 1 saturated heterocycles. The molecule has 1 unspecified atom stereocenters. The molecule has 0 saturated carbocycles. The molecule has 6 nitrogen and oxygen atoms in total. The number of aromatic nitrogens is 1. The van der Waals surface area contributed by atoms with Crippen LogP contribution >= 0.6 is 24.0 Å². The van der Waals surface area contributed by atoms with Crippen molar-refractivity contribution in [3.8, 4) is 5.88 Å². The molecular weight excluding hydrogens is 429 g/mol. The van der Waals surface area contributed by atoms with Gasteiger partial charge < -0.3 is 20.3 Å². The van der Waals surface area contributed by atoms with Gasteiger partial charge in [0.25, 0.3) is 0 Å². The van der Waals surface area contributed by atoms with Gasteiger partial charge in [0.1, 0.15) is 0 Å². The lowest BCUT2D eigenvalue weighted by Crippen LogP contribution is -2.41. The third-order valence-corrected chi connectivity index (χ3v) is 4.57. The number of nitrogens with one attached hydrogen (secondary N) is 2. The Balaban J connectivity index is 0.00000312. The third-order valence-electron chi connectivity index (χ3n) is 4.57.